The lowest BCUT2D eigenvalue weighted by Crippen LogP contribution is -2.37. The minimum atomic E-state index is -1.23. The summed E-state index contributed by atoms with van der Waals surface area (Å²) in [4.78, 5) is 5.49. The molecule has 6 heteroatoms. The van der Waals surface area contributed by atoms with Crippen LogP contribution in [0.3, 0.4) is 0 Å². The summed E-state index contributed by atoms with van der Waals surface area (Å²) < 4.78 is 0. The molecule has 2 nitrogen and oxygen atoms in total. The molecule has 0 saturated heterocycles. The van der Waals surface area contributed by atoms with Crippen LogP contribution in [0.15, 0.2) is 115 Å². The van der Waals surface area contributed by atoms with Gasteiger partial charge in [0.1, 0.15) is 0 Å². The highest BCUT2D eigenvalue weighted by Crippen LogP contribution is 2.52. The number of aryl methyl sites for hydroxylation is 1. The normalized spacial score (nSPS) is 13.1. The smallest absolute Gasteiger partial charge is 0.0703 e. The Morgan fingerprint density at radius 1 is 0.370 bits per heavy atom. The molecule has 388 valence electrons. The van der Waals surface area contributed by atoms with Crippen LogP contribution in [0.25, 0.3) is 21.5 Å². The average molecular weight is 1040 g/mol. The van der Waals surface area contributed by atoms with Crippen molar-refractivity contribution in [1.29, 1.82) is 0 Å². The quantitative estimate of drug-likeness (QED) is 0.0541. The van der Waals surface area contributed by atoms with Crippen LogP contribution in [0.4, 0.5) is 34.1 Å². The third-order valence-electron chi connectivity index (χ3n) is 15.9. The number of benzene rings is 7. The summed E-state index contributed by atoms with van der Waals surface area (Å²) in [5.41, 5.74) is 14.3. The zero-order valence-electron chi connectivity index (χ0n) is 49.2. The molecule has 0 amide bonds. The molecule has 0 fully saturated rings. The van der Waals surface area contributed by atoms with Gasteiger partial charge in [-0.1, -0.05) is 248 Å². The number of hydrogen-bond acceptors (Lipinski definition) is 2. The van der Waals surface area contributed by atoms with Gasteiger partial charge in [0.2, 0.25) is 0 Å². The van der Waals surface area contributed by atoms with Gasteiger partial charge in [-0.3, -0.25) is 0 Å². The maximum absolute atomic E-state index is 2.76. The van der Waals surface area contributed by atoms with E-state index in [1.54, 1.807) is 20.7 Å². The Morgan fingerprint density at radius 2 is 0.712 bits per heavy atom. The molecule has 73 heavy (non-hydrogen) atoms. The Hall–Kier alpha value is -4.47. The molecule has 0 atom stereocenters. The highest BCUT2D eigenvalue weighted by molar-refractivity contribution is 6.76. The van der Waals surface area contributed by atoms with Gasteiger partial charge in [-0.25, -0.2) is 0 Å². The second-order valence-corrected chi connectivity index (χ2v) is 37.9. The van der Waals surface area contributed by atoms with Gasteiger partial charge in [0.05, 0.1) is 48.0 Å². The summed E-state index contributed by atoms with van der Waals surface area (Å²) in [5, 5.41) is 11.6. The Bertz CT molecular complexity index is 2940. The van der Waals surface area contributed by atoms with Crippen LogP contribution in [-0.4, -0.2) is 36.6 Å². The lowest BCUT2D eigenvalue weighted by molar-refractivity contribution is 0.568. The highest BCUT2D eigenvalue weighted by atomic mass is 28.3. The van der Waals surface area contributed by atoms with E-state index in [1.165, 1.54) is 120 Å². The first-order chi connectivity index (χ1) is 34.3. The largest absolute Gasteiger partial charge is 0.309 e. The Morgan fingerprint density at radius 3 is 1.07 bits per heavy atom. The van der Waals surface area contributed by atoms with Gasteiger partial charge < -0.3 is 9.80 Å². The van der Waals surface area contributed by atoms with Crippen molar-refractivity contribution in [2.24, 2.45) is 0 Å². The Kier molecular flexibility index (Phi) is 17.3. The van der Waals surface area contributed by atoms with Crippen molar-refractivity contribution in [3.63, 3.8) is 0 Å². The number of fused-ring (bicyclic) bond motifs is 2. The summed E-state index contributed by atoms with van der Waals surface area (Å²) in [6.07, 6.45) is 0. The number of rotatable bonds is 16. The van der Waals surface area contributed by atoms with Gasteiger partial charge in [-0.05, 0) is 105 Å². The van der Waals surface area contributed by atoms with Crippen LogP contribution in [0.5, 0.6) is 0 Å². The molecule has 0 aliphatic rings. The Balaban J connectivity index is 1.75. The van der Waals surface area contributed by atoms with E-state index in [0.717, 1.165) is 0 Å². The first-order valence-electron chi connectivity index (χ1n) is 28.5. The van der Waals surface area contributed by atoms with Gasteiger partial charge >= 0.3 is 0 Å². The molecule has 0 bridgehead atoms. The van der Waals surface area contributed by atoms with Crippen LogP contribution < -0.4 is 30.5 Å². The van der Waals surface area contributed by atoms with Crippen LogP contribution in [-0.2, 0) is 21.7 Å². The number of anilines is 6. The van der Waals surface area contributed by atoms with E-state index in [-0.39, 0.29) is 21.7 Å². The van der Waals surface area contributed by atoms with E-state index in [4.69, 9.17) is 0 Å². The lowest BCUT2D eigenvalue weighted by atomic mass is 9.80. The van der Waals surface area contributed by atoms with Crippen molar-refractivity contribution in [3.8, 4) is 0 Å². The molecule has 0 aliphatic heterocycles. The molecular formula is C67H94N2Si4. The van der Waals surface area contributed by atoms with Crippen LogP contribution in [0, 0.1) is 6.92 Å². The SMILES string of the molecule is CC[SiH2]c1cc([SiH2]CC)cc(N(c2cc(C(C)(C)C)cc(C(C)(C)C)c2)c2c3ccccc3c(N(c3cc([SiH](CC)CC)cc([SiH](CC)CC)c3)c3cc(C(C)(C)C)cc(C(C)(C)C)c3)c3cc(C)ccc23)c1. The fourth-order valence-corrected chi connectivity index (χ4v) is 19.1. The van der Waals surface area contributed by atoms with E-state index < -0.39 is 36.6 Å². The summed E-state index contributed by atoms with van der Waals surface area (Å²) >= 11 is 0. The summed E-state index contributed by atoms with van der Waals surface area (Å²) in [5.74, 6) is 0. The third-order valence-corrected chi connectivity index (χ3v) is 25.4. The van der Waals surface area contributed by atoms with Crippen LogP contribution in [0.2, 0.25) is 36.3 Å². The first-order valence-corrected chi connectivity index (χ1v) is 36.3. The molecule has 7 aromatic carbocycles. The predicted molar refractivity (Wildman–Crippen MR) is 343 cm³/mol. The molecule has 0 aliphatic carbocycles. The topological polar surface area (TPSA) is 6.48 Å². The molecule has 0 N–H and O–H groups in total. The van der Waals surface area contributed by atoms with Gasteiger partial charge in [0.25, 0.3) is 0 Å². The third kappa shape index (κ3) is 12.3. The number of nitrogens with zero attached hydrogens (tertiary/aromatic N) is 2. The van der Waals surface area contributed by atoms with E-state index >= 15 is 0 Å². The van der Waals surface area contributed by atoms with Crippen molar-refractivity contribution >= 4 is 113 Å². The average Bonchev–Trinajstić information content (AvgIpc) is 3.32. The highest BCUT2D eigenvalue weighted by Gasteiger charge is 2.31. The monoisotopic (exact) mass is 1040 g/mol. The molecule has 0 unspecified atom stereocenters. The second kappa shape index (κ2) is 22.4. The first kappa shape index (κ1) is 56.3. The minimum absolute atomic E-state index is 0.0414. The summed E-state index contributed by atoms with van der Waals surface area (Å²) in [6.45, 7) is 45.5. The van der Waals surface area contributed by atoms with E-state index in [0.29, 0.717) is 0 Å². The van der Waals surface area contributed by atoms with Crippen LogP contribution in [0.1, 0.15) is 152 Å². The van der Waals surface area contributed by atoms with E-state index in [9.17, 15) is 0 Å². The Labute approximate surface area is 452 Å². The maximum atomic E-state index is 2.76. The molecule has 0 radical (unpaired) electrons. The lowest BCUT2D eigenvalue weighted by Gasteiger charge is -2.36. The van der Waals surface area contributed by atoms with E-state index in [1.807, 2.05) is 0 Å². The summed E-state index contributed by atoms with van der Waals surface area (Å²) in [7, 11) is -3.33. The van der Waals surface area contributed by atoms with Gasteiger partial charge in [0, 0.05) is 44.3 Å². The number of hydrogen-bond donors (Lipinski definition) is 0. The fourth-order valence-electron chi connectivity index (χ4n) is 11.3. The van der Waals surface area contributed by atoms with Crippen molar-refractivity contribution in [2.75, 3.05) is 9.80 Å². The maximum Gasteiger partial charge on any atom is 0.0703 e. The zero-order chi connectivity index (χ0) is 53.4. The van der Waals surface area contributed by atoms with Crippen molar-refractivity contribution in [1.82, 2.24) is 0 Å². The minimum Gasteiger partial charge on any atom is -0.309 e. The molecule has 0 spiro atoms. The molecule has 7 rings (SSSR count). The molecule has 0 aromatic heterocycles. The van der Waals surface area contributed by atoms with Gasteiger partial charge in [-0.15, -0.1) is 0 Å². The van der Waals surface area contributed by atoms with Crippen molar-refractivity contribution < 1.29 is 0 Å². The second-order valence-electron chi connectivity index (χ2n) is 25.9. The van der Waals surface area contributed by atoms with Gasteiger partial charge in [-0.2, -0.15) is 0 Å². The molecular weight excluding hydrogens is 945 g/mol. The fraction of sp³-hybridized carbons (Fsp3) is 0.433. The van der Waals surface area contributed by atoms with Crippen molar-refractivity contribution in [3.05, 3.63) is 143 Å². The van der Waals surface area contributed by atoms with Crippen molar-refractivity contribution in [2.45, 2.75) is 189 Å². The molecule has 7 aromatic rings. The standard InChI is InChI=1S/C67H94N2Si4/c1-20-70-54-39-52(40-55(43-54)71-21-2)68(50-35-46(64(8,9)10)33-47(36-50)65(11,12)13)62-58-28-26-27-29-59(58)63(61-32-45(7)30-31-60(61)62)69(51-37-48(66(14,15)16)34-49(38-51)67(17,18)19)53-41-56(72(22-3)23-4)44-57(42-53)73(24-5)25-6/h26-44,72-73H,20-25,70-71H2,1-19H3. The molecule has 0 saturated carbocycles. The summed E-state index contributed by atoms with van der Waals surface area (Å²) in [6, 6.07) is 55.5. The zero-order valence-corrected chi connectivity index (χ0v) is 54.3. The predicted octanol–water partition coefficient (Wildman–Crippen LogP) is 15.8. The molecule has 0 heterocycles. The van der Waals surface area contributed by atoms with Crippen LogP contribution >= 0.6 is 0 Å². The van der Waals surface area contributed by atoms with Gasteiger partial charge in [0.15, 0.2) is 0 Å². The van der Waals surface area contributed by atoms with E-state index in [2.05, 4.69) is 257 Å².